The average Bonchev–Trinajstić information content (AvgIpc) is 2.99. The third-order valence-corrected chi connectivity index (χ3v) is 4.94. The molecule has 3 heterocycles. The maximum absolute atomic E-state index is 12.7. The number of carbonyl (C=O) groups excluding carboxylic acids is 1. The molecule has 1 aliphatic heterocycles. The van der Waals surface area contributed by atoms with Crippen LogP contribution >= 0.6 is 0 Å². The van der Waals surface area contributed by atoms with Gasteiger partial charge in [0.2, 0.25) is 0 Å². The summed E-state index contributed by atoms with van der Waals surface area (Å²) in [6.07, 6.45) is 5.37. The summed E-state index contributed by atoms with van der Waals surface area (Å²) in [7, 11) is 0. The molecule has 2 aromatic heterocycles. The van der Waals surface area contributed by atoms with Crippen LogP contribution < -0.4 is 4.90 Å². The third-order valence-electron chi connectivity index (χ3n) is 4.94. The van der Waals surface area contributed by atoms with Gasteiger partial charge in [-0.15, -0.1) is 0 Å². The van der Waals surface area contributed by atoms with Crippen LogP contribution in [-0.2, 0) is 0 Å². The molecule has 7 nitrogen and oxygen atoms in total. The zero-order valence-corrected chi connectivity index (χ0v) is 15.7. The van der Waals surface area contributed by atoms with Gasteiger partial charge in [0.15, 0.2) is 0 Å². The summed E-state index contributed by atoms with van der Waals surface area (Å²) in [6, 6.07) is 10.2. The second-order valence-corrected chi connectivity index (χ2v) is 6.89. The molecule has 3 aromatic rings. The van der Waals surface area contributed by atoms with Crippen molar-refractivity contribution in [3.8, 4) is 6.07 Å². The molecule has 0 aliphatic carbocycles. The number of pyridine rings is 1. The Labute approximate surface area is 163 Å². The highest BCUT2D eigenvalue weighted by Crippen LogP contribution is 2.25. The third kappa shape index (κ3) is 3.49. The minimum atomic E-state index is -0.113. The van der Waals surface area contributed by atoms with E-state index in [9.17, 15) is 10.1 Å². The number of hydrogen-bond acceptors (Lipinski definition) is 6. The van der Waals surface area contributed by atoms with E-state index >= 15 is 0 Å². The highest BCUT2D eigenvalue weighted by atomic mass is 16.2. The summed E-state index contributed by atoms with van der Waals surface area (Å²) >= 11 is 0. The minimum absolute atomic E-state index is 0.113. The standard InChI is InChI=1S/C21H20N6O/c1-15-3-4-16-12-17(13-22)20(25-18(16)11-15)26-7-2-8-27(10-9-26)21(28)19-14-23-5-6-24-19/h3-6,11-12,14H,2,7-10H2,1H3. The van der Waals surface area contributed by atoms with Crippen molar-refractivity contribution < 1.29 is 4.79 Å². The van der Waals surface area contributed by atoms with Crippen molar-refractivity contribution in [2.24, 2.45) is 0 Å². The van der Waals surface area contributed by atoms with E-state index in [-0.39, 0.29) is 5.91 Å². The lowest BCUT2D eigenvalue weighted by molar-refractivity contribution is 0.0760. The van der Waals surface area contributed by atoms with Crippen LogP contribution in [0.25, 0.3) is 10.9 Å². The quantitative estimate of drug-likeness (QED) is 0.687. The molecule has 1 amide bonds. The number of nitriles is 1. The Balaban J connectivity index is 1.59. The molecule has 1 aliphatic rings. The Morgan fingerprint density at radius 1 is 1.14 bits per heavy atom. The fourth-order valence-corrected chi connectivity index (χ4v) is 3.49. The number of carbonyl (C=O) groups is 1. The first-order chi connectivity index (χ1) is 13.7. The highest BCUT2D eigenvalue weighted by molar-refractivity contribution is 5.92. The zero-order valence-electron chi connectivity index (χ0n) is 15.7. The van der Waals surface area contributed by atoms with Crippen molar-refractivity contribution in [1.82, 2.24) is 19.9 Å². The number of rotatable bonds is 2. The van der Waals surface area contributed by atoms with Gasteiger partial charge >= 0.3 is 0 Å². The van der Waals surface area contributed by atoms with Gasteiger partial charge in [0.05, 0.1) is 17.3 Å². The van der Waals surface area contributed by atoms with Gasteiger partial charge in [-0.25, -0.2) is 9.97 Å². The average molecular weight is 372 g/mol. The summed E-state index contributed by atoms with van der Waals surface area (Å²) in [6.45, 7) is 4.57. The van der Waals surface area contributed by atoms with Crippen LogP contribution in [0.2, 0.25) is 0 Å². The number of benzene rings is 1. The molecule has 0 unspecified atom stereocenters. The van der Waals surface area contributed by atoms with Crippen molar-refractivity contribution in [3.05, 3.63) is 59.7 Å². The van der Waals surface area contributed by atoms with Gasteiger partial charge in [0.25, 0.3) is 5.91 Å². The molecule has 1 fully saturated rings. The Bertz CT molecular complexity index is 1060. The Kier molecular flexibility index (Phi) is 4.85. The molecule has 0 atom stereocenters. The van der Waals surface area contributed by atoms with Crippen LogP contribution in [0.3, 0.4) is 0 Å². The van der Waals surface area contributed by atoms with Crippen LogP contribution in [0.5, 0.6) is 0 Å². The predicted molar refractivity (Wildman–Crippen MR) is 106 cm³/mol. The predicted octanol–water partition coefficient (Wildman–Crippen LogP) is 2.56. The maximum Gasteiger partial charge on any atom is 0.274 e. The molecular weight excluding hydrogens is 352 g/mol. The molecule has 28 heavy (non-hydrogen) atoms. The van der Waals surface area contributed by atoms with Crippen molar-refractivity contribution in [3.63, 3.8) is 0 Å². The summed E-state index contributed by atoms with van der Waals surface area (Å²) < 4.78 is 0. The molecular formula is C21H20N6O. The SMILES string of the molecule is Cc1ccc2cc(C#N)c(N3CCCN(C(=O)c4cnccn4)CC3)nc2c1. The number of fused-ring (bicyclic) bond motifs is 1. The second-order valence-electron chi connectivity index (χ2n) is 6.89. The Morgan fingerprint density at radius 2 is 2.04 bits per heavy atom. The van der Waals surface area contributed by atoms with Crippen molar-refractivity contribution in [2.75, 3.05) is 31.1 Å². The van der Waals surface area contributed by atoms with E-state index in [1.165, 1.54) is 12.4 Å². The van der Waals surface area contributed by atoms with E-state index in [1.54, 1.807) is 11.1 Å². The molecule has 0 spiro atoms. The van der Waals surface area contributed by atoms with Gasteiger partial charge in [-0.1, -0.05) is 12.1 Å². The number of amides is 1. The van der Waals surface area contributed by atoms with Crippen molar-refractivity contribution >= 4 is 22.6 Å². The summed E-state index contributed by atoms with van der Waals surface area (Å²) in [5, 5.41) is 10.6. The molecule has 1 saturated heterocycles. The number of anilines is 1. The van der Waals surface area contributed by atoms with E-state index in [1.807, 2.05) is 31.2 Å². The van der Waals surface area contributed by atoms with Crippen LogP contribution in [0.1, 0.15) is 28.0 Å². The second kappa shape index (κ2) is 7.61. The van der Waals surface area contributed by atoms with E-state index in [0.717, 1.165) is 29.4 Å². The molecule has 4 rings (SSSR count). The van der Waals surface area contributed by atoms with E-state index < -0.39 is 0 Å². The van der Waals surface area contributed by atoms with E-state index in [0.29, 0.717) is 36.7 Å². The molecule has 0 saturated carbocycles. The molecule has 0 N–H and O–H groups in total. The minimum Gasteiger partial charge on any atom is -0.354 e. The van der Waals surface area contributed by atoms with E-state index in [4.69, 9.17) is 4.98 Å². The van der Waals surface area contributed by atoms with Gasteiger partial charge < -0.3 is 9.80 Å². The fraction of sp³-hybridized carbons (Fsp3) is 0.286. The first kappa shape index (κ1) is 17.9. The van der Waals surface area contributed by atoms with Crippen LogP contribution in [0.15, 0.2) is 42.9 Å². The first-order valence-electron chi connectivity index (χ1n) is 9.27. The van der Waals surface area contributed by atoms with Crippen molar-refractivity contribution in [1.29, 1.82) is 5.26 Å². The number of aryl methyl sites for hydroxylation is 1. The Hall–Kier alpha value is -3.53. The normalized spacial score (nSPS) is 14.6. The van der Waals surface area contributed by atoms with Crippen molar-refractivity contribution in [2.45, 2.75) is 13.3 Å². The van der Waals surface area contributed by atoms with Crippen LogP contribution in [0.4, 0.5) is 5.82 Å². The van der Waals surface area contributed by atoms with Gasteiger partial charge in [-0.3, -0.25) is 9.78 Å². The van der Waals surface area contributed by atoms with Gasteiger partial charge in [-0.2, -0.15) is 5.26 Å². The monoisotopic (exact) mass is 372 g/mol. The largest absolute Gasteiger partial charge is 0.354 e. The lowest BCUT2D eigenvalue weighted by Gasteiger charge is -2.23. The highest BCUT2D eigenvalue weighted by Gasteiger charge is 2.23. The molecule has 1 aromatic carbocycles. The summed E-state index contributed by atoms with van der Waals surface area (Å²) in [5.74, 6) is 0.576. The van der Waals surface area contributed by atoms with Crippen LogP contribution in [0, 0.1) is 18.3 Å². The van der Waals surface area contributed by atoms with Gasteiger partial charge in [0.1, 0.15) is 17.6 Å². The molecule has 0 radical (unpaired) electrons. The smallest absolute Gasteiger partial charge is 0.274 e. The zero-order chi connectivity index (χ0) is 19.5. The number of hydrogen-bond donors (Lipinski definition) is 0. The van der Waals surface area contributed by atoms with Crippen LogP contribution in [-0.4, -0.2) is 51.9 Å². The van der Waals surface area contributed by atoms with E-state index in [2.05, 4.69) is 20.9 Å². The topological polar surface area (TPSA) is 86.0 Å². The Morgan fingerprint density at radius 3 is 2.82 bits per heavy atom. The van der Waals surface area contributed by atoms with Gasteiger partial charge in [-0.05, 0) is 31.0 Å². The number of nitrogens with zero attached hydrogens (tertiary/aromatic N) is 6. The first-order valence-corrected chi connectivity index (χ1v) is 9.27. The molecule has 140 valence electrons. The molecule has 7 heteroatoms. The molecule has 0 bridgehead atoms. The summed E-state index contributed by atoms with van der Waals surface area (Å²) in [4.78, 5) is 29.4. The van der Waals surface area contributed by atoms with Gasteiger partial charge in [0, 0.05) is 44.0 Å². The summed E-state index contributed by atoms with van der Waals surface area (Å²) in [5.41, 5.74) is 2.93. The maximum atomic E-state index is 12.7. The number of aromatic nitrogens is 3. The lowest BCUT2D eigenvalue weighted by Crippen LogP contribution is -2.36. The fourth-order valence-electron chi connectivity index (χ4n) is 3.49. The lowest BCUT2D eigenvalue weighted by atomic mass is 10.1.